The van der Waals surface area contributed by atoms with Crippen molar-refractivity contribution in [1.29, 1.82) is 0 Å². The van der Waals surface area contributed by atoms with E-state index in [-0.39, 0.29) is 5.91 Å². The van der Waals surface area contributed by atoms with Gasteiger partial charge in [0.2, 0.25) is 0 Å². The Morgan fingerprint density at radius 2 is 2.21 bits per heavy atom. The fourth-order valence-corrected chi connectivity index (χ4v) is 1.77. The fraction of sp³-hybridized carbons (Fsp3) is 0.500. The molecule has 0 aliphatic heterocycles. The molecular weight excluding hydrogens is 310 g/mol. The molecule has 106 valence electrons. The molecule has 0 radical (unpaired) electrons. The minimum absolute atomic E-state index is 0.114. The van der Waals surface area contributed by atoms with Gasteiger partial charge in [-0.15, -0.1) is 0 Å². The largest absolute Gasteiger partial charge is 0.481 e. The number of hydrogen-bond acceptors (Lipinski definition) is 3. The Morgan fingerprint density at radius 1 is 1.47 bits per heavy atom. The summed E-state index contributed by atoms with van der Waals surface area (Å²) < 4.78 is 11.5. The van der Waals surface area contributed by atoms with Gasteiger partial charge in [-0.25, -0.2) is 0 Å². The molecule has 19 heavy (non-hydrogen) atoms. The Kier molecular flexibility index (Phi) is 6.87. The molecule has 1 aromatic carbocycles. The van der Waals surface area contributed by atoms with Crippen LogP contribution < -0.4 is 10.1 Å². The molecule has 0 saturated heterocycles. The summed E-state index contributed by atoms with van der Waals surface area (Å²) in [6, 6.07) is 5.65. The van der Waals surface area contributed by atoms with E-state index in [0.29, 0.717) is 18.9 Å². The lowest BCUT2D eigenvalue weighted by atomic mass is 10.2. The number of carbonyl (C=O) groups excluding carboxylic acids is 1. The Morgan fingerprint density at radius 3 is 2.84 bits per heavy atom. The van der Waals surface area contributed by atoms with Crippen LogP contribution in [-0.2, 0) is 9.53 Å². The summed E-state index contributed by atoms with van der Waals surface area (Å²) in [5.41, 5.74) is 1.07. The first-order valence-corrected chi connectivity index (χ1v) is 7.03. The van der Waals surface area contributed by atoms with Crippen molar-refractivity contribution in [3.05, 3.63) is 28.2 Å². The van der Waals surface area contributed by atoms with Crippen molar-refractivity contribution >= 4 is 21.8 Å². The molecule has 0 bridgehead atoms. The van der Waals surface area contributed by atoms with E-state index in [2.05, 4.69) is 21.2 Å². The number of rotatable bonds is 7. The zero-order valence-corrected chi connectivity index (χ0v) is 13.1. The summed E-state index contributed by atoms with van der Waals surface area (Å²) in [6.45, 7) is 4.95. The standard InChI is InChI=1S/C14H20BrNO3/c1-10-9-12(5-6-13(10)15)19-11(2)14(17)16-7-4-8-18-3/h5-6,9,11H,4,7-8H2,1-3H3,(H,16,17). The van der Waals surface area contributed by atoms with E-state index in [1.54, 1.807) is 14.0 Å². The Bertz CT molecular complexity index is 423. The van der Waals surface area contributed by atoms with Gasteiger partial charge < -0.3 is 14.8 Å². The van der Waals surface area contributed by atoms with Crippen molar-refractivity contribution < 1.29 is 14.3 Å². The van der Waals surface area contributed by atoms with Gasteiger partial charge in [0.05, 0.1) is 0 Å². The van der Waals surface area contributed by atoms with E-state index < -0.39 is 6.10 Å². The monoisotopic (exact) mass is 329 g/mol. The number of hydrogen-bond donors (Lipinski definition) is 1. The molecule has 1 rings (SSSR count). The van der Waals surface area contributed by atoms with E-state index in [0.717, 1.165) is 16.5 Å². The van der Waals surface area contributed by atoms with E-state index >= 15 is 0 Å². The van der Waals surface area contributed by atoms with Crippen LogP contribution in [0.25, 0.3) is 0 Å². The number of aryl methyl sites for hydroxylation is 1. The van der Waals surface area contributed by atoms with Crippen molar-refractivity contribution in [2.24, 2.45) is 0 Å². The number of benzene rings is 1. The van der Waals surface area contributed by atoms with Gasteiger partial charge in [0.1, 0.15) is 5.75 Å². The highest BCUT2D eigenvalue weighted by atomic mass is 79.9. The fourth-order valence-electron chi connectivity index (χ4n) is 1.52. The predicted octanol–water partition coefficient (Wildman–Crippen LogP) is 2.68. The number of nitrogens with one attached hydrogen (secondary N) is 1. The third-order valence-corrected chi connectivity index (χ3v) is 3.53. The van der Waals surface area contributed by atoms with Crippen molar-refractivity contribution in [2.75, 3.05) is 20.3 Å². The van der Waals surface area contributed by atoms with Crippen LogP contribution in [0.4, 0.5) is 0 Å². The highest BCUT2D eigenvalue weighted by molar-refractivity contribution is 9.10. The molecule has 0 spiro atoms. The second-order valence-electron chi connectivity index (χ2n) is 4.31. The highest BCUT2D eigenvalue weighted by Gasteiger charge is 2.14. The molecule has 1 aromatic rings. The number of halogens is 1. The number of carbonyl (C=O) groups is 1. The van der Waals surface area contributed by atoms with Crippen LogP contribution in [0.3, 0.4) is 0 Å². The SMILES string of the molecule is COCCCNC(=O)C(C)Oc1ccc(Br)c(C)c1. The molecule has 0 saturated carbocycles. The molecular formula is C14H20BrNO3. The van der Waals surface area contributed by atoms with Gasteiger partial charge in [0.25, 0.3) is 5.91 Å². The molecule has 5 heteroatoms. The Balaban J connectivity index is 2.42. The zero-order chi connectivity index (χ0) is 14.3. The number of ether oxygens (including phenoxy) is 2. The summed E-state index contributed by atoms with van der Waals surface area (Å²) in [5.74, 6) is 0.580. The first kappa shape index (κ1) is 16.0. The van der Waals surface area contributed by atoms with Crippen LogP contribution in [0.1, 0.15) is 18.9 Å². The van der Waals surface area contributed by atoms with Crippen molar-refractivity contribution in [3.8, 4) is 5.75 Å². The molecule has 0 fully saturated rings. The van der Waals surface area contributed by atoms with E-state index in [9.17, 15) is 4.79 Å². The quantitative estimate of drug-likeness (QED) is 0.782. The molecule has 0 aromatic heterocycles. The van der Waals surface area contributed by atoms with Gasteiger partial charge in [-0.05, 0) is 44.0 Å². The summed E-state index contributed by atoms with van der Waals surface area (Å²) in [6.07, 6.45) is 0.287. The van der Waals surface area contributed by atoms with Gasteiger partial charge in [-0.2, -0.15) is 0 Å². The van der Waals surface area contributed by atoms with Crippen LogP contribution in [0.5, 0.6) is 5.75 Å². The summed E-state index contributed by atoms with van der Waals surface area (Å²) in [5, 5.41) is 2.81. The highest BCUT2D eigenvalue weighted by Crippen LogP contribution is 2.22. The van der Waals surface area contributed by atoms with Gasteiger partial charge >= 0.3 is 0 Å². The van der Waals surface area contributed by atoms with Gasteiger partial charge in [-0.1, -0.05) is 15.9 Å². The summed E-state index contributed by atoms with van der Waals surface area (Å²) in [4.78, 5) is 11.8. The third kappa shape index (κ3) is 5.61. The maximum atomic E-state index is 11.8. The maximum absolute atomic E-state index is 11.8. The van der Waals surface area contributed by atoms with Crippen LogP contribution in [0.2, 0.25) is 0 Å². The number of methoxy groups -OCH3 is 1. The van der Waals surface area contributed by atoms with Crippen LogP contribution in [0, 0.1) is 6.92 Å². The molecule has 0 aliphatic rings. The summed E-state index contributed by atoms with van der Waals surface area (Å²) >= 11 is 3.43. The minimum atomic E-state index is -0.511. The van der Waals surface area contributed by atoms with E-state index in [4.69, 9.17) is 9.47 Å². The Labute approximate surface area is 122 Å². The van der Waals surface area contributed by atoms with Crippen molar-refractivity contribution in [1.82, 2.24) is 5.32 Å². The van der Waals surface area contributed by atoms with Crippen LogP contribution >= 0.6 is 15.9 Å². The van der Waals surface area contributed by atoms with Crippen LogP contribution in [-0.4, -0.2) is 32.3 Å². The van der Waals surface area contributed by atoms with Crippen molar-refractivity contribution in [2.45, 2.75) is 26.4 Å². The second-order valence-corrected chi connectivity index (χ2v) is 5.16. The molecule has 1 N–H and O–H groups in total. The lowest BCUT2D eigenvalue weighted by molar-refractivity contribution is -0.127. The second kappa shape index (κ2) is 8.17. The van der Waals surface area contributed by atoms with Crippen molar-refractivity contribution in [3.63, 3.8) is 0 Å². The van der Waals surface area contributed by atoms with Gasteiger partial charge in [0, 0.05) is 24.7 Å². The molecule has 0 aliphatic carbocycles. The molecule has 1 amide bonds. The average Bonchev–Trinajstić information content (AvgIpc) is 2.38. The van der Waals surface area contributed by atoms with E-state index in [1.165, 1.54) is 0 Å². The smallest absolute Gasteiger partial charge is 0.260 e. The van der Waals surface area contributed by atoms with Gasteiger partial charge in [0.15, 0.2) is 6.10 Å². The summed E-state index contributed by atoms with van der Waals surface area (Å²) in [7, 11) is 1.64. The number of amides is 1. The normalized spacial score (nSPS) is 12.0. The van der Waals surface area contributed by atoms with E-state index in [1.807, 2.05) is 25.1 Å². The third-order valence-electron chi connectivity index (χ3n) is 2.64. The minimum Gasteiger partial charge on any atom is -0.481 e. The Hall–Kier alpha value is -1.07. The molecule has 0 heterocycles. The van der Waals surface area contributed by atoms with Gasteiger partial charge in [-0.3, -0.25) is 4.79 Å². The molecule has 1 unspecified atom stereocenters. The first-order chi connectivity index (χ1) is 9.04. The molecule has 4 nitrogen and oxygen atoms in total. The lowest BCUT2D eigenvalue weighted by Crippen LogP contribution is -2.37. The zero-order valence-electron chi connectivity index (χ0n) is 11.5. The van der Waals surface area contributed by atoms with Crippen LogP contribution in [0.15, 0.2) is 22.7 Å². The maximum Gasteiger partial charge on any atom is 0.260 e. The average molecular weight is 330 g/mol. The first-order valence-electron chi connectivity index (χ1n) is 6.24. The lowest BCUT2D eigenvalue weighted by Gasteiger charge is -2.15. The topological polar surface area (TPSA) is 47.6 Å². The predicted molar refractivity (Wildman–Crippen MR) is 78.5 cm³/mol. The molecule has 1 atom stereocenters.